The summed E-state index contributed by atoms with van der Waals surface area (Å²) < 4.78 is 20.7. The number of nitrogens with one attached hydrogen (secondary N) is 2. The zero-order valence-electron chi connectivity index (χ0n) is 21.3. The Balaban J connectivity index is 0.000000205. The normalized spacial score (nSPS) is 12.6. The van der Waals surface area contributed by atoms with E-state index < -0.39 is 6.09 Å². The minimum absolute atomic E-state index is 0.233. The van der Waals surface area contributed by atoms with E-state index >= 15 is 0 Å². The van der Waals surface area contributed by atoms with Crippen LogP contribution in [-0.4, -0.2) is 63.6 Å². The molecule has 10 nitrogen and oxygen atoms in total. The first kappa shape index (κ1) is 26.6. The minimum Gasteiger partial charge on any atom is -0.497 e. The van der Waals surface area contributed by atoms with Crippen LogP contribution in [0, 0.1) is 13.8 Å². The maximum atomic E-state index is 11.8. The monoisotopic (exact) mass is 495 g/mol. The van der Waals surface area contributed by atoms with E-state index in [1.54, 1.807) is 45.4 Å². The molecule has 2 heterocycles. The molecule has 36 heavy (non-hydrogen) atoms. The second kappa shape index (κ2) is 13.1. The standard InChI is InChI=1S/C14H15N3O3.C12H18N2O2/c1-9-10(2)16-13(19-3)12(15-9)17-14(18)20-11-7-5-4-6-8-11;1-15-11-7-10(8-12(9-11)16-2)14-5-3-13-4-6-14/h4-8H,1-3H3,(H,15,17,18);7-9,13H,3-6H2,1-2H3. The van der Waals surface area contributed by atoms with Crippen molar-refractivity contribution >= 4 is 17.6 Å². The van der Waals surface area contributed by atoms with Gasteiger partial charge in [-0.25, -0.2) is 14.8 Å². The van der Waals surface area contributed by atoms with Crippen molar-refractivity contribution in [2.75, 3.05) is 57.7 Å². The molecule has 0 saturated carbocycles. The quantitative estimate of drug-likeness (QED) is 0.528. The number of ether oxygens (including phenoxy) is 4. The van der Waals surface area contributed by atoms with E-state index in [1.165, 1.54) is 7.11 Å². The molecule has 3 aromatic rings. The van der Waals surface area contributed by atoms with Gasteiger partial charge in [0.15, 0.2) is 5.82 Å². The summed E-state index contributed by atoms with van der Waals surface area (Å²) in [4.78, 5) is 22.5. The lowest BCUT2D eigenvalue weighted by Gasteiger charge is -2.29. The van der Waals surface area contributed by atoms with Gasteiger partial charge in [-0.15, -0.1) is 0 Å². The number of nitrogens with zero attached hydrogens (tertiary/aromatic N) is 3. The highest BCUT2D eigenvalue weighted by atomic mass is 16.6. The second-order valence-corrected chi connectivity index (χ2v) is 7.89. The Labute approximate surface area is 211 Å². The zero-order chi connectivity index (χ0) is 25.9. The molecule has 1 aliphatic heterocycles. The van der Waals surface area contributed by atoms with E-state index in [0.717, 1.165) is 49.1 Å². The van der Waals surface area contributed by atoms with Gasteiger partial charge in [-0.3, -0.25) is 5.32 Å². The number of piperazine rings is 1. The Bertz CT molecular complexity index is 1110. The van der Waals surface area contributed by atoms with Gasteiger partial charge < -0.3 is 29.2 Å². The molecule has 0 bridgehead atoms. The predicted octanol–water partition coefficient (Wildman–Crippen LogP) is 3.83. The lowest BCUT2D eigenvalue weighted by molar-refractivity contribution is 0.215. The highest BCUT2D eigenvalue weighted by molar-refractivity contribution is 5.86. The number of carbonyl (C=O) groups excluding carboxylic acids is 1. The molecular formula is C26H33N5O5. The lowest BCUT2D eigenvalue weighted by Crippen LogP contribution is -2.43. The molecule has 0 spiro atoms. The van der Waals surface area contributed by atoms with E-state index in [4.69, 9.17) is 18.9 Å². The molecule has 2 N–H and O–H groups in total. The van der Waals surface area contributed by atoms with Crippen molar-refractivity contribution in [1.82, 2.24) is 15.3 Å². The molecule has 1 aromatic heterocycles. The van der Waals surface area contributed by atoms with Gasteiger partial charge in [-0.05, 0) is 26.0 Å². The first-order valence-electron chi connectivity index (χ1n) is 11.5. The van der Waals surface area contributed by atoms with Crippen molar-refractivity contribution in [2.45, 2.75) is 13.8 Å². The van der Waals surface area contributed by atoms with Gasteiger partial charge >= 0.3 is 6.09 Å². The molecule has 192 valence electrons. The molecule has 0 aliphatic carbocycles. The van der Waals surface area contributed by atoms with E-state index in [2.05, 4.69) is 25.5 Å². The molecule has 0 atom stereocenters. The van der Waals surface area contributed by atoms with Crippen LogP contribution in [0.3, 0.4) is 0 Å². The van der Waals surface area contributed by atoms with E-state index in [0.29, 0.717) is 11.4 Å². The first-order chi connectivity index (χ1) is 17.4. The Hall–Kier alpha value is -4.05. The number of carbonyl (C=O) groups is 1. The molecule has 0 radical (unpaired) electrons. The maximum absolute atomic E-state index is 11.8. The molecule has 1 aliphatic rings. The average Bonchev–Trinajstić information content (AvgIpc) is 2.91. The summed E-state index contributed by atoms with van der Waals surface area (Å²) in [7, 11) is 4.82. The summed E-state index contributed by atoms with van der Waals surface area (Å²) in [6.07, 6.45) is -0.646. The number of benzene rings is 2. The Morgan fingerprint density at radius 2 is 1.47 bits per heavy atom. The van der Waals surface area contributed by atoms with E-state index in [1.807, 2.05) is 31.2 Å². The van der Waals surface area contributed by atoms with Gasteiger partial charge in [0.05, 0.1) is 32.7 Å². The summed E-state index contributed by atoms with van der Waals surface area (Å²) in [6.45, 7) is 7.72. The van der Waals surface area contributed by atoms with Gasteiger partial charge in [-0.2, -0.15) is 0 Å². The second-order valence-electron chi connectivity index (χ2n) is 7.89. The van der Waals surface area contributed by atoms with Crippen molar-refractivity contribution < 1.29 is 23.7 Å². The summed E-state index contributed by atoms with van der Waals surface area (Å²) in [5.74, 6) is 2.61. The number of methoxy groups -OCH3 is 3. The summed E-state index contributed by atoms with van der Waals surface area (Å²) in [5.41, 5.74) is 2.61. The van der Waals surface area contributed by atoms with Crippen molar-refractivity contribution in [3.05, 3.63) is 59.9 Å². The molecule has 10 heteroatoms. The smallest absolute Gasteiger partial charge is 0.418 e. The van der Waals surface area contributed by atoms with Gasteiger partial charge in [-0.1, -0.05) is 18.2 Å². The SMILES string of the molecule is COc1cc(OC)cc(N2CCNCC2)c1.COc1nc(C)c(C)nc1NC(=O)Oc1ccccc1. The molecule has 0 unspecified atom stereocenters. The number of amides is 1. The van der Waals surface area contributed by atoms with Crippen LogP contribution in [0.5, 0.6) is 23.1 Å². The average molecular weight is 496 g/mol. The van der Waals surface area contributed by atoms with Crippen molar-refractivity contribution in [3.63, 3.8) is 0 Å². The number of hydrogen-bond donors (Lipinski definition) is 2. The molecule has 4 rings (SSSR count). The first-order valence-corrected chi connectivity index (χ1v) is 11.5. The van der Waals surface area contributed by atoms with Crippen LogP contribution < -0.4 is 34.5 Å². The van der Waals surface area contributed by atoms with Gasteiger partial charge in [0.2, 0.25) is 0 Å². The van der Waals surface area contributed by atoms with Crippen LogP contribution in [0.1, 0.15) is 11.4 Å². The third kappa shape index (κ3) is 7.47. The third-order valence-electron chi connectivity index (χ3n) is 5.46. The summed E-state index contributed by atoms with van der Waals surface area (Å²) in [6, 6.07) is 14.7. The third-order valence-corrected chi connectivity index (χ3v) is 5.46. The van der Waals surface area contributed by atoms with Crippen LogP contribution >= 0.6 is 0 Å². The van der Waals surface area contributed by atoms with Crippen molar-refractivity contribution in [2.24, 2.45) is 0 Å². The number of aryl methyl sites for hydroxylation is 2. The lowest BCUT2D eigenvalue weighted by atomic mass is 10.2. The maximum Gasteiger partial charge on any atom is 0.418 e. The van der Waals surface area contributed by atoms with Gasteiger partial charge in [0, 0.05) is 50.1 Å². The molecule has 1 saturated heterocycles. The highest BCUT2D eigenvalue weighted by Crippen LogP contribution is 2.28. The highest BCUT2D eigenvalue weighted by Gasteiger charge is 2.14. The van der Waals surface area contributed by atoms with Gasteiger partial charge in [0.1, 0.15) is 17.2 Å². The van der Waals surface area contributed by atoms with Crippen molar-refractivity contribution in [3.8, 4) is 23.1 Å². The Morgan fingerprint density at radius 3 is 2.06 bits per heavy atom. The van der Waals surface area contributed by atoms with E-state index in [-0.39, 0.29) is 11.7 Å². The van der Waals surface area contributed by atoms with Crippen LogP contribution in [0.2, 0.25) is 0 Å². The molecule has 1 amide bonds. The van der Waals surface area contributed by atoms with Crippen LogP contribution in [0.4, 0.5) is 16.3 Å². The summed E-state index contributed by atoms with van der Waals surface area (Å²) in [5, 5.41) is 5.86. The van der Waals surface area contributed by atoms with Crippen LogP contribution in [0.15, 0.2) is 48.5 Å². The number of anilines is 2. The fourth-order valence-electron chi connectivity index (χ4n) is 3.42. The van der Waals surface area contributed by atoms with E-state index in [9.17, 15) is 4.79 Å². The largest absolute Gasteiger partial charge is 0.497 e. The fourth-order valence-corrected chi connectivity index (χ4v) is 3.42. The number of rotatable bonds is 6. The predicted molar refractivity (Wildman–Crippen MR) is 139 cm³/mol. The Kier molecular flexibility index (Phi) is 9.70. The van der Waals surface area contributed by atoms with Crippen molar-refractivity contribution in [1.29, 1.82) is 0 Å². The molecule has 2 aromatic carbocycles. The number of hydrogen-bond acceptors (Lipinski definition) is 9. The molecular weight excluding hydrogens is 462 g/mol. The zero-order valence-corrected chi connectivity index (χ0v) is 21.3. The fraction of sp³-hybridized carbons (Fsp3) is 0.346. The minimum atomic E-state index is -0.646. The van der Waals surface area contributed by atoms with Gasteiger partial charge in [0.25, 0.3) is 5.88 Å². The topological polar surface area (TPSA) is 107 Å². The molecule has 1 fully saturated rings. The summed E-state index contributed by atoms with van der Waals surface area (Å²) >= 11 is 0. The Morgan fingerprint density at radius 1 is 0.861 bits per heavy atom. The van der Waals surface area contributed by atoms with Crippen LogP contribution in [0.25, 0.3) is 0 Å². The van der Waals surface area contributed by atoms with Crippen LogP contribution in [-0.2, 0) is 0 Å². The number of aromatic nitrogens is 2. The number of para-hydroxylation sites is 1.